The van der Waals surface area contributed by atoms with E-state index in [4.69, 9.17) is 5.73 Å². The van der Waals surface area contributed by atoms with E-state index in [1.807, 2.05) is 0 Å². The number of nitrogens with two attached hydrogens (primary N) is 1. The highest BCUT2D eigenvalue weighted by atomic mass is 15.2. The molecule has 2 aromatic rings. The van der Waals surface area contributed by atoms with E-state index >= 15 is 0 Å². The van der Waals surface area contributed by atoms with Crippen molar-refractivity contribution in [3.05, 3.63) is 47.5 Å². The molecule has 0 aliphatic heterocycles. The van der Waals surface area contributed by atoms with Crippen LogP contribution >= 0.6 is 0 Å². The molecular formula is C12H16N4. The maximum Gasteiger partial charge on any atom is 0.145 e. The molecule has 1 atom stereocenters. The zero-order valence-electron chi connectivity index (χ0n) is 9.35. The molecule has 0 bridgehead atoms. The second-order valence-corrected chi connectivity index (χ2v) is 3.84. The molecule has 0 saturated carbocycles. The first-order chi connectivity index (χ1) is 7.81. The highest BCUT2D eigenvalue weighted by Gasteiger charge is 2.10. The molecule has 2 rings (SSSR count). The second-order valence-electron chi connectivity index (χ2n) is 3.84. The SMILES string of the molecule is CCCc1ccc(C(N)c2ncn[nH]2)cc1. The van der Waals surface area contributed by atoms with Gasteiger partial charge in [-0.25, -0.2) is 4.98 Å². The van der Waals surface area contributed by atoms with Gasteiger partial charge in [-0.3, -0.25) is 5.10 Å². The van der Waals surface area contributed by atoms with Crippen molar-refractivity contribution in [3.63, 3.8) is 0 Å². The lowest BCUT2D eigenvalue weighted by atomic mass is 10.0. The Morgan fingerprint density at radius 1 is 1.31 bits per heavy atom. The van der Waals surface area contributed by atoms with Gasteiger partial charge in [-0.1, -0.05) is 37.6 Å². The number of hydrogen-bond donors (Lipinski definition) is 2. The summed E-state index contributed by atoms with van der Waals surface area (Å²) < 4.78 is 0. The molecule has 16 heavy (non-hydrogen) atoms. The Labute approximate surface area is 94.9 Å². The number of aromatic nitrogens is 3. The van der Waals surface area contributed by atoms with Gasteiger partial charge in [0.05, 0.1) is 6.04 Å². The number of aromatic amines is 1. The topological polar surface area (TPSA) is 67.6 Å². The number of nitrogens with one attached hydrogen (secondary N) is 1. The Balaban J connectivity index is 2.15. The molecule has 4 heteroatoms. The molecular weight excluding hydrogens is 200 g/mol. The molecule has 3 N–H and O–H groups in total. The largest absolute Gasteiger partial charge is 0.318 e. The van der Waals surface area contributed by atoms with Crippen molar-refractivity contribution >= 4 is 0 Å². The summed E-state index contributed by atoms with van der Waals surface area (Å²) in [5.74, 6) is 0.697. The Bertz CT molecular complexity index is 419. The summed E-state index contributed by atoms with van der Waals surface area (Å²) >= 11 is 0. The molecule has 0 aliphatic carbocycles. The van der Waals surface area contributed by atoms with E-state index in [0.29, 0.717) is 5.82 Å². The fraction of sp³-hybridized carbons (Fsp3) is 0.333. The minimum absolute atomic E-state index is 0.224. The smallest absolute Gasteiger partial charge is 0.145 e. The molecule has 0 aliphatic rings. The number of H-pyrrole nitrogens is 1. The molecule has 1 heterocycles. The van der Waals surface area contributed by atoms with Crippen molar-refractivity contribution < 1.29 is 0 Å². The van der Waals surface area contributed by atoms with Crippen LogP contribution in [-0.4, -0.2) is 15.2 Å². The van der Waals surface area contributed by atoms with Gasteiger partial charge in [0.25, 0.3) is 0 Å². The molecule has 0 spiro atoms. The van der Waals surface area contributed by atoms with Crippen LogP contribution in [0.15, 0.2) is 30.6 Å². The Kier molecular flexibility index (Phi) is 3.31. The van der Waals surface area contributed by atoms with Crippen molar-refractivity contribution in [1.82, 2.24) is 15.2 Å². The van der Waals surface area contributed by atoms with E-state index in [2.05, 4.69) is 46.4 Å². The molecule has 1 unspecified atom stereocenters. The van der Waals surface area contributed by atoms with Crippen molar-refractivity contribution in [2.45, 2.75) is 25.8 Å². The third-order valence-electron chi connectivity index (χ3n) is 2.61. The first-order valence-electron chi connectivity index (χ1n) is 5.51. The van der Waals surface area contributed by atoms with Crippen LogP contribution in [-0.2, 0) is 6.42 Å². The average Bonchev–Trinajstić information content (AvgIpc) is 2.83. The Hall–Kier alpha value is -1.68. The molecule has 0 saturated heterocycles. The third-order valence-corrected chi connectivity index (χ3v) is 2.61. The van der Waals surface area contributed by atoms with Crippen LogP contribution in [0.5, 0.6) is 0 Å². The van der Waals surface area contributed by atoms with Gasteiger partial charge < -0.3 is 5.73 Å². The Morgan fingerprint density at radius 2 is 2.06 bits per heavy atom. The van der Waals surface area contributed by atoms with Gasteiger partial charge in [0.15, 0.2) is 0 Å². The number of hydrogen-bond acceptors (Lipinski definition) is 3. The molecule has 4 nitrogen and oxygen atoms in total. The summed E-state index contributed by atoms with van der Waals surface area (Å²) in [7, 11) is 0. The lowest BCUT2D eigenvalue weighted by Crippen LogP contribution is -2.13. The van der Waals surface area contributed by atoms with E-state index in [9.17, 15) is 0 Å². The van der Waals surface area contributed by atoms with E-state index in [1.165, 1.54) is 11.9 Å². The summed E-state index contributed by atoms with van der Waals surface area (Å²) in [5.41, 5.74) is 8.45. The van der Waals surface area contributed by atoms with Crippen LogP contribution in [0.25, 0.3) is 0 Å². The summed E-state index contributed by atoms with van der Waals surface area (Å²) in [6.07, 6.45) is 3.74. The van der Waals surface area contributed by atoms with Crippen molar-refractivity contribution in [2.24, 2.45) is 5.73 Å². The molecule has 0 radical (unpaired) electrons. The second kappa shape index (κ2) is 4.90. The predicted octanol–water partition coefficient (Wildman–Crippen LogP) is 1.81. The minimum Gasteiger partial charge on any atom is -0.318 e. The molecule has 84 valence electrons. The molecule has 0 fully saturated rings. The van der Waals surface area contributed by atoms with Crippen LogP contribution in [0.3, 0.4) is 0 Å². The highest BCUT2D eigenvalue weighted by Crippen LogP contribution is 2.16. The number of rotatable bonds is 4. The van der Waals surface area contributed by atoms with Crippen LogP contribution in [0.1, 0.15) is 36.3 Å². The highest BCUT2D eigenvalue weighted by molar-refractivity contribution is 5.28. The summed E-state index contributed by atoms with van der Waals surface area (Å²) in [5, 5.41) is 6.59. The quantitative estimate of drug-likeness (QED) is 0.819. The zero-order valence-corrected chi connectivity index (χ0v) is 9.35. The van der Waals surface area contributed by atoms with Gasteiger partial charge >= 0.3 is 0 Å². The normalized spacial score (nSPS) is 12.6. The minimum atomic E-state index is -0.224. The maximum atomic E-state index is 6.05. The predicted molar refractivity (Wildman–Crippen MR) is 62.9 cm³/mol. The first-order valence-corrected chi connectivity index (χ1v) is 5.51. The van der Waals surface area contributed by atoms with E-state index in [-0.39, 0.29) is 6.04 Å². The van der Waals surface area contributed by atoms with Crippen molar-refractivity contribution in [3.8, 4) is 0 Å². The van der Waals surface area contributed by atoms with E-state index in [0.717, 1.165) is 18.4 Å². The van der Waals surface area contributed by atoms with Gasteiger partial charge in [0.2, 0.25) is 0 Å². The zero-order chi connectivity index (χ0) is 11.4. The van der Waals surface area contributed by atoms with Gasteiger partial charge in [-0.05, 0) is 17.5 Å². The van der Waals surface area contributed by atoms with Gasteiger partial charge in [-0.2, -0.15) is 5.10 Å². The van der Waals surface area contributed by atoms with E-state index in [1.54, 1.807) is 0 Å². The maximum absolute atomic E-state index is 6.05. The Morgan fingerprint density at radius 3 is 2.62 bits per heavy atom. The standard InChI is InChI=1S/C12H16N4/c1-2-3-9-4-6-10(7-5-9)11(13)12-14-8-15-16-12/h4-8,11H,2-3,13H2,1H3,(H,14,15,16). The molecule has 1 aromatic carbocycles. The van der Waals surface area contributed by atoms with Gasteiger partial charge in [0, 0.05) is 0 Å². The summed E-state index contributed by atoms with van der Waals surface area (Å²) in [6.45, 7) is 2.17. The average molecular weight is 216 g/mol. The lowest BCUT2D eigenvalue weighted by Gasteiger charge is -2.09. The lowest BCUT2D eigenvalue weighted by molar-refractivity contribution is 0.786. The number of nitrogens with zero attached hydrogens (tertiary/aromatic N) is 2. The van der Waals surface area contributed by atoms with Crippen molar-refractivity contribution in [1.29, 1.82) is 0 Å². The number of aryl methyl sites for hydroxylation is 1. The first kappa shape index (κ1) is 10.8. The summed E-state index contributed by atoms with van der Waals surface area (Å²) in [6, 6.07) is 8.12. The fourth-order valence-electron chi connectivity index (χ4n) is 1.70. The van der Waals surface area contributed by atoms with Crippen LogP contribution in [0.2, 0.25) is 0 Å². The van der Waals surface area contributed by atoms with Gasteiger partial charge in [-0.15, -0.1) is 0 Å². The van der Waals surface area contributed by atoms with Crippen LogP contribution in [0, 0.1) is 0 Å². The van der Waals surface area contributed by atoms with Crippen LogP contribution < -0.4 is 5.73 Å². The monoisotopic (exact) mass is 216 g/mol. The van der Waals surface area contributed by atoms with Crippen molar-refractivity contribution in [2.75, 3.05) is 0 Å². The van der Waals surface area contributed by atoms with Gasteiger partial charge in [0.1, 0.15) is 12.2 Å². The molecule has 0 amide bonds. The van der Waals surface area contributed by atoms with E-state index < -0.39 is 0 Å². The number of benzene rings is 1. The van der Waals surface area contributed by atoms with Crippen LogP contribution in [0.4, 0.5) is 0 Å². The molecule has 1 aromatic heterocycles. The third kappa shape index (κ3) is 2.28. The summed E-state index contributed by atoms with van der Waals surface area (Å²) in [4.78, 5) is 4.06. The fourth-order valence-corrected chi connectivity index (χ4v) is 1.70.